The van der Waals surface area contributed by atoms with E-state index in [-0.39, 0.29) is 24.0 Å². The highest BCUT2D eigenvalue weighted by atomic mass is 35.5. The fraction of sp³-hybridized carbons (Fsp3) is 0.400. The van der Waals surface area contributed by atoms with Gasteiger partial charge in [0, 0.05) is 6.04 Å². The third kappa shape index (κ3) is 3.66. The quantitative estimate of drug-likeness (QED) is 0.854. The molecule has 6 heteroatoms. The molecule has 1 unspecified atom stereocenters. The Balaban J connectivity index is 0.00000225. The van der Waals surface area contributed by atoms with Crippen molar-refractivity contribution < 1.29 is 18.3 Å². The smallest absolute Gasteiger partial charge is 0.379 e. The molecule has 1 aromatic rings. The summed E-state index contributed by atoms with van der Waals surface area (Å²) in [5.74, 6) is 0. The normalized spacial score (nSPS) is 15.1. The molecule has 0 bridgehead atoms. The maximum absolute atomic E-state index is 12.2. The fourth-order valence-electron chi connectivity index (χ4n) is 1.20. The van der Waals surface area contributed by atoms with Crippen LogP contribution in [-0.2, 0) is 0 Å². The molecule has 2 atom stereocenters. The van der Waals surface area contributed by atoms with Crippen LogP contribution < -0.4 is 5.73 Å². The van der Waals surface area contributed by atoms with Gasteiger partial charge in [-0.3, -0.25) is 0 Å². The van der Waals surface area contributed by atoms with Gasteiger partial charge >= 0.3 is 6.18 Å². The minimum atomic E-state index is -4.64. The lowest BCUT2D eigenvalue weighted by Crippen LogP contribution is -2.20. The zero-order valence-corrected chi connectivity index (χ0v) is 9.35. The maximum atomic E-state index is 12.2. The molecule has 0 aromatic heterocycles. The third-order valence-corrected chi connectivity index (χ3v) is 2.06. The first-order valence-electron chi connectivity index (χ1n) is 4.42. The number of benzene rings is 1. The number of aliphatic hydroxyl groups is 1. The molecule has 1 rings (SSSR count). The molecule has 16 heavy (non-hydrogen) atoms. The topological polar surface area (TPSA) is 46.2 Å². The summed E-state index contributed by atoms with van der Waals surface area (Å²) in [6.07, 6.45) is -7.09. The molecule has 0 aliphatic rings. The van der Waals surface area contributed by atoms with Crippen molar-refractivity contribution in [1.29, 1.82) is 0 Å². The monoisotopic (exact) mass is 255 g/mol. The molecule has 0 heterocycles. The van der Waals surface area contributed by atoms with Crippen LogP contribution in [0.25, 0.3) is 0 Å². The number of aliphatic hydroxyl groups excluding tert-OH is 1. The van der Waals surface area contributed by atoms with Gasteiger partial charge in [-0.2, -0.15) is 13.2 Å². The van der Waals surface area contributed by atoms with E-state index in [1.807, 2.05) is 0 Å². The van der Waals surface area contributed by atoms with Crippen LogP contribution in [0.4, 0.5) is 13.2 Å². The van der Waals surface area contributed by atoms with E-state index in [1.165, 1.54) is 18.2 Å². The molecule has 0 fully saturated rings. The summed E-state index contributed by atoms with van der Waals surface area (Å²) < 4.78 is 36.6. The van der Waals surface area contributed by atoms with Gasteiger partial charge in [0.1, 0.15) is 0 Å². The summed E-state index contributed by atoms with van der Waals surface area (Å²) in [7, 11) is 0. The van der Waals surface area contributed by atoms with Crippen LogP contribution in [-0.4, -0.2) is 11.3 Å². The van der Waals surface area contributed by atoms with E-state index >= 15 is 0 Å². The van der Waals surface area contributed by atoms with Crippen molar-refractivity contribution in [3.63, 3.8) is 0 Å². The van der Waals surface area contributed by atoms with Gasteiger partial charge in [0.15, 0.2) is 6.10 Å². The number of hydrogen-bond acceptors (Lipinski definition) is 2. The van der Waals surface area contributed by atoms with Gasteiger partial charge in [0.05, 0.1) is 0 Å². The van der Waals surface area contributed by atoms with E-state index in [2.05, 4.69) is 0 Å². The molecule has 0 aliphatic carbocycles. The summed E-state index contributed by atoms with van der Waals surface area (Å²) in [6.45, 7) is 1.67. The largest absolute Gasteiger partial charge is 0.418 e. The van der Waals surface area contributed by atoms with Crippen molar-refractivity contribution >= 4 is 12.4 Å². The Morgan fingerprint density at radius 2 is 1.75 bits per heavy atom. The fourth-order valence-corrected chi connectivity index (χ4v) is 1.20. The third-order valence-electron chi connectivity index (χ3n) is 2.06. The first-order valence-corrected chi connectivity index (χ1v) is 4.42. The van der Waals surface area contributed by atoms with Crippen LogP contribution in [0.1, 0.15) is 30.2 Å². The van der Waals surface area contributed by atoms with Crippen LogP contribution in [0.15, 0.2) is 24.3 Å². The van der Waals surface area contributed by atoms with Crippen molar-refractivity contribution in [3.8, 4) is 0 Å². The molecule has 0 saturated carbocycles. The average Bonchev–Trinajstić information content (AvgIpc) is 2.15. The number of rotatable bonds is 2. The van der Waals surface area contributed by atoms with Crippen molar-refractivity contribution in [2.45, 2.75) is 25.2 Å². The molecular weight excluding hydrogens is 243 g/mol. The summed E-state index contributed by atoms with van der Waals surface area (Å²) in [5, 5.41) is 9.00. The second-order valence-electron chi connectivity index (χ2n) is 3.40. The zero-order valence-electron chi connectivity index (χ0n) is 8.53. The van der Waals surface area contributed by atoms with Gasteiger partial charge < -0.3 is 10.8 Å². The van der Waals surface area contributed by atoms with Crippen molar-refractivity contribution in [2.24, 2.45) is 5.73 Å². The molecule has 1 aromatic carbocycles. The lowest BCUT2D eigenvalue weighted by atomic mass is 10.0. The summed E-state index contributed by atoms with van der Waals surface area (Å²) in [5.41, 5.74) is 5.91. The van der Waals surface area contributed by atoms with E-state index in [0.717, 1.165) is 0 Å². The van der Waals surface area contributed by atoms with E-state index in [9.17, 15) is 13.2 Å². The zero-order chi connectivity index (χ0) is 11.6. The molecule has 0 radical (unpaired) electrons. The Morgan fingerprint density at radius 3 is 2.19 bits per heavy atom. The Morgan fingerprint density at radius 1 is 1.25 bits per heavy atom. The summed E-state index contributed by atoms with van der Waals surface area (Å²) in [6, 6.07) is 5.21. The van der Waals surface area contributed by atoms with Crippen molar-refractivity contribution in [1.82, 2.24) is 0 Å². The van der Waals surface area contributed by atoms with E-state index in [1.54, 1.807) is 13.0 Å². The number of nitrogens with two attached hydrogens (primary N) is 1. The summed E-state index contributed by atoms with van der Waals surface area (Å²) in [4.78, 5) is 0. The minimum Gasteiger partial charge on any atom is -0.379 e. The van der Waals surface area contributed by atoms with Crippen LogP contribution in [0.5, 0.6) is 0 Å². The Labute approximate surface area is 97.7 Å². The highest BCUT2D eigenvalue weighted by molar-refractivity contribution is 5.85. The van der Waals surface area contributed by atoms with Gasteiger partial charge in [-0.1, -0.05) is 24.3 Å². The Bertz CT molecular complexity index is 341. The van der Waals surface area contributed by atoms with Gasteiger partial charge in [0.2, 0.25) is 0 Å². The number of hydrogen-bond donors (Lipinski definition) is 2. The van der Waals surface area contributed by atoms with Crippen molar-refractivity contribution in [3.05, 3.63) is 35.4 Å². The lowest BCUT2D eigenvalue weighted by molar-refractivity contribution is -0.206. The van der Waals surface area contributed by atoms with Gasteiger partial charge in [-0.25, -0.2) is 0 Å². The predicted molar refractivity (Wildman–Crippen MR) is 57.3 cm³/mol. The average molecular weight is 256 g/mol. The molecule has 0 amide bonds. The molecule has 0 aliphatic heterocycles. The standard InChI is InChI=1S/C10H12F3NO.ClH/c1-6(14)7-3-2-4-8(5-7)9(15)10(11,12)13;/h2-6,9,15H,14H2,1H3;1H/t6-,9?;/m0./s1. The van der Waals surface area contributed by atoms with E-state index < -0.39 is 12.3 Å². The van der Waals surface area contributed by atoms with E-state index in [4.69, 9.17) is 10.8 Å². The van der Waals surface area contributed by atoms with Crippen LogP contribution >= 0.6 is 12.4 Å². The minimum absolute atomic E-state index is 0. The number of halogens is 4. The summed E-state index contributed by atoms with van der Waals surface area (Å²) >= 11 is 0. The molecule has 2 nitrogen and oxygen atoms in total. The first kappa shape index (κ1) is 15.2. The predicted octanol–water partition coefficient (Wildman–Crippen LogP) is 2.72. The van der Waals surface area contributed by atoms with E-state index in [0.29, 0.717) is 5.56 Å². The van der Waals surface area contributed by atoms with Gasteiger partial charge in [-0.15, -0.1) is 12.4 Å². The van der Waals surface area contributed by atoms with Crippen LogP contribution in [0, 0.1) is 0 Å². The second kappa shape index (κ2) is 5.52. The second-order valence-corrected chi connectivity index (χ2v) is 3.40. The molecular formula is C10H13ClF3NO. The maximum Gasteiger partial charge on any atom is 0.418 e. The Hall–Kier alpha value is -0.780. The van der Waals surface area contributed by atoms with Gasteiger partial charge in [0.25, 0.3) is 0 Å². The van der Waals surface area contributed by atoms with Crippen molar-refractivity contribution in [2.75, 3.05) is 0 Å². The lowest BCUT2D eigenvalue weighted by Gasteiger charge is -2.16. The Kier molecular flexibility index (Phi) is 5.25. The SMILES string of the molecule is C[C@H](N)c1cccc(C(O)C(F)(F)F)c1.Cl. The first-order chi connectivity index (χ1) is 6.82. The highest BCUT2D eigenvalue weighted by Gasteiger charge is 2.39. The number of alkyl halides is 3. The molecule has 0 saturated heterocycles. The highest BCUT2D eigenvalue weighted by Crippen LogP contribution is 2.32. The van der Waals surface area contributed by atoms with Gasteiger partial charge in [-0.05, 0) is 18.1 Å². The molecule has 0 spiro atoms. The van der Waals surface area contributed by atoms with Crippen LogP contribution in [0.2, 0.25) is 0 Å². The molecule has 3 N–H and O–H groups in total. The van der Waals surface area contributed by atoms with Crippen LogP contribution in [0.3, 0.4) is 0 Å². The molecule has 92 valence electrons.